The second-order valence-electron chi connectivity index (χ2n) is 10.1. The number of benzene rings is 2. The highest BCUT2D eigenvalue weighted by Gasteiger charge is 2.29. The van der Waals surface area contributed by atoms with Crippen LogP contribution in [0.2, 0.25) is 0 Å². The second-order valence-corrected chi connectivity index (χ2v) is 10.1. The van der Waals surface area contributed by atoms with Gasteiger partial charge in [-0.2, -0.15) is 0 Å². The van der Waals surface area contributed by atoms with Gasteiger partial charge >= 0.3 is 0 Å². The highest BCUT2D eigenvalue weighted by molar-refractivity contribution is 6.28. The van der Waals surface area contributed by atoms with E-state index in [0.29, 0.717) is 22.3 Å². The maximum Gasteiger partial charge on any atom is 0.194 e. The molecule has 3 rings (SSSR count). The van der Waals surface area contributed by atoms with Crippen LogP contribution < -0.4 is 0 Å². The van der Waals surface area contributed by atoms with Crippen LogP contribution in [0.25, 0.3) is 0 Å². The summed E-state index contributed by atoms with van der Waals surface area (Å²) in [5.41, 5.74) is 7.13. The van der Waals surface area contributed by atoms with Gasteiger partial charge in [-0.1, -0.05) is 67.8 Å². The molecule has 0 fully saturated rings. The molecular weight excluding hydrogens is 404 g/mol. The Morgan fingerprint density at radius 3 is 1.76 bits per heavy atom. The van der Waals surface area contributed by atoms with Gasteiger partial charge in [0, 0.05) is 22.3 Å². The van der Waals surface area contributed by atoms with Crippen molar-refractivity contribution in [2.75, 3.05) is 0 Å². The van der Waals surface area contributed by atoms with Crippen molar-refractivity contribution in [1.29, 1.82) is 0 Å². The monoisotopic (exact) mass is 442 g/mol. The number of fused-ring (bicyclic) bond motifs is 2. The van der Waals surface area contributed by atoms with Gasteiger partial charge in [-0.05, 0) is 88.5 Å². The molecule has 33 heavy (non-hydrogen) atoms. The van der Waals surface area contributed by atoms with Gasteiger partial charge in [-0.25, -0.2) is 0 Å². The van der Waals surface area contributed by atoms with Crippen molar-refractivity contribution in [3.8, 4) is 0 Å². The molecule has 0 spiro atoms. The molecule has 2 aromatic rings. The zero-order valence-electron chi connectivity index (χ0n) is 21.0. The number of carbonyl (C=O) groups is 2. The van der Waals surface area contributed by atoms with E-state index in [1.165, 1.54) is 24.0 Å². The average Bonchev–Trinajstić information content (AvgIpc) is 2.77. The summed E-state index contributed by atoms with van der Waals surface area (Å²) >= 11 is 0. The molecule has 0 bridgehead atoms. The Morgan fingerprint density at radius 1 is 0.758 bits per heavy atom. The van der Waals surface area contributed by atoms with Gasteiger partial charge in [-0.3, -0.25) is 9.59 Å². The van der Waals surface area contributed by atoms with E-state index < -0.39 is 0 Å². The fourth-order valence-electron chi connectivity index (χ4n) is 4.46. The molecule has 2 heteroatoms. The Morgan fingerprint density at radius 2 is 1.27 bits per heavy atom. The molecule has 1 aliphatic carbocycles. The van der Waals surface area contributed by atoms with Crippen molar-refractivity contribution in [1.82, 2.24) is 0 Å². The lowest BCUT2D eigenvalue weighted by molar-refractivity contribution is 0.0979. The van der Waals surface area contributed by atoms with E-state index >= 15 is 0 Å². The molecule has 2 nitrogen and oxygen atoms in total. The predicted molar refractivity (Wildman–Crippen MR) is 138 cm³/mol. The molecule has 0 aliphatic heterocycles. The summed E-state index contributed by atoms with van der Waals surface area (Å²) in [4.78, 5) is 26.4. The van der Waals surface area contributed by atoms with Gasteiger partial charge in [0.1, 0.15) is 0 Å². The van der Waals surface area contributed by atoms with Crippen LogP contribution in [-0.2, 0) is 12.8 Å². The third-order valence-corrected chi connectivity index (χ3v) is 6.41. The van der Waals surface area contributed by atoms with E-state index in [-0.39, 0.29) is 11.6 Å². The first-order valence-corrected chi connectivity index (χ1v) is 12.4. The van der Waals surface area contributed by atoms with E-state index in [0.717, 1.165) is 49.1 Å². The number of rotatable bonds is 10. The zero-order valence-corrected chi connectivity index (χ0v) is 21.0. The molecule has 0 radical (unpaired) electrons. The summed E-state index contributed by atoms with van der Waals surface area (Å²) < 4.78 is 0. The summed E-state index contributed by atoms with van der Waals surface area (Å²) in [6.45, 7) is 10.9. The van der Waals surface area contributed by atoms with Crippen LogP contribution in [0.15, 0.2) is 59.7 Å². The largest absolute Gasteiger partial charge is 0.289 e. The maximum absolute atomic E-state index is 13.2. The third-order valence-electron chi connectivity index (χ3n) is 6.41. The molecule has 1 aliphatic rings. The molecule has 0 unspecified atom stereocenters. The lowest BCUT2D eigenvalue weighted by atomic mass is 9.82. The third kappa shape index (κ3) is 6.63. The molecule has 0 heterocycles. The number of aryl methyl sites for hydroxylation is 2. The summed E-state index contributed by atoms with van der Waals surface area (Å²) in [5, 5.41) is 0. The molecule has 0 saturated heterocycles. The SMILES string of the molecule is CC(C)=CCCc1ccc2c(c1)C(=O)c1ccc(CC/C=C(\C)CCCC(C)C)cc1C2=O. The second kappa shape index (κ2) is 11.4. The first-order valence-electron chi connectivity index (χ1n) is 12.4. The Kier molecular flexibility index (Phi) is 8.61. The van der Waals surface area contributed by atoms with Crippen molar-refractivity contribution in [2.24, 2.45) is 5.92 Å². The minimum atomic E-state index is -0.0314. The fraction of sp³-hybridized carbons (Fsp3) is 0.419. The van der Waals surface area contributed by atoms with Gasteiger partial charge in [-0.15, -0.1) is 0 Å². The Balaban J connectivity index is 1.70. The van der Waals surface area contributed by atoms with Gasteiger partial charge in [0.15, 0.2) is 11.6 Å². The number of hydrogen-bond acceptors (Lipinski definition) is 2. The van der Waals surface area contributed by atoms with Crippen LogP contribution in [0, 0.1) is 5.92 Å². The topological polar surface area (TPSA) is 34.1 Å². The molecule has 0 amide bonds. The quantitative estimate of drug-likeness (QED) is 0.297. The lowest BCUT2D eigenvalue weighted by Gasteiger charge is -2.19. The van der Waals surface area contributed by atoms with Crippen LogP contribution in [0.3, 0.4) is 0 Å². The van der Waals surface area contributed by atoms with E-state index in [1.54, 1.807) is 0 Å². The van der Waals surface area contributed by atoms with Gasteiger partial charge in [0.25, 0.3) is 0 Å². The van der Waals surface area contributed by atoms with E-state index in [2.05, 4.69) is 46.8 Å². The minimum absolute atomic E-state index is 0.0299. The summed E-state index contributed by atoms with van der Waals surface area (Å²) in [6.07, 6.45) is 11.8. The Hall–Kier alpha value is -2.74. The van der Waals surface area contributed by atoms with E-state index in [1.807, 2.05) is 36.4 Å². The van der Waals surface area contributed by atoms with E-state index in [9.17, 15) is 9.59 Å². The van der Waals surface area contributed by atoms with Gasteiger partial charge in [0.05, 0.1) is 0 Å². The molecular formula is C31H38O2. The van der Waals surface area contributed by atoms with Gasteiger partial charge < -0.3 is 0 Å². The number of carbonyl (C=O) groups excluding carboxylic acids is 2. The van der Waals surface area contributed by atoms with Crippen molar-refractivity contribution in [2.45, 2.75) is 79.6 Å². The van der Waals surface area contributed by atoms with Crippen molar-refractivity contribution in [3.63, 3.8) is 0 Å². The van der Waals surface area contributed by atoms with Crippen LogP contribution in [0.1, 0.15) is 110 Å². The summed E-state index contributed by atoms with van der Waals surface area (Å²) in [6, 6.07) is 11.5. The maximum atomic E-state index is 13.2. The number of ketones is 2. The molecule has 0 saturated carbocycles. The van der Waals surface area contributed by atoms with Crippen LogP contribution in [0.5, 0.6) is 0 Å². The van der Waals surface area contributed by atoms with Crippen molar-refractivity contribution < 1.29 is 9.59 Å². The Labute approximate surface area is 199 Å². The number of hydrogen-bond donors (Lipinski definition) is 0. The van der Waals surface area contributed by atoms with Crippen molar-refractivity contribution >= 4 is 11.6 Å². The molecule has 0 atom stereocenters. The zero-order chi connectivity index (χ0) is 24.0. The molecule has 0 aromatic heterocycles. The molecule has 174 valence electrons. The highest BCUT2D eigenvalue weighted by Crippen LogP contribution is 2.29. The molecule has 0 N–H and O–H groups in total. The first-order chi connectivity index (χ1) is 15.8. The highest BCUT2D eigenvalue weighted by atomic mass is 16.1. The summed E-state index contributed by atoms with van der Waals surface area (Å²) in [5.74, 6) is 0.696. The standard InChI is InChI=1S/C31H38O2/c1-21(2)9-6-11-23(5)12-8-14-25-16-18-27-29(20-25)31(33)26-17-15-24(13-7-10-22(3)4)19-28(26)30(27)32/h10,12,15-21H,6-9,11,13-14H2,1-5H3/b23-12+. The lowest BCUT2D eigenvalue weighted by Crippen LogP contribution is -2.21. The average molecular weight is 443 g/mol. The van der Waals surface area contributed by atoms with Crippen LogP contribution in [-0.4, -0.2) is 11.6 Å². The smallest absolute Gasteiger partial charge is 0.194 e. The molecule has 2 aromatic carbocycles. The van der Waals surface area contributed by atoms with Crippen LogP contribution in [0.4, 0.5) is 0 Å². The first kappa shape index (κ1) is 24.9. The normalized spacial score (nSPS) is 13.2. The Bertz CT molecular complexity index is 1080. The van der Waals surface area contributed by atoms with Crippen molar-refractivity contribution in [3.05, 3.63) is 93.1 Å². The summed E-state index contributed by atoms with van der Waals surface area (Å²) in [7, 11) is 0. The van der Waals surface area contributed by atoms with E-state index in [4.69, 9.17) is 0 Å². The van der Waals surface area contributed by atoms with Gasteiger partial charge in [0.2, 0.25) is 0 Å². The minimum Gasteiger partial charge on any atom is -0.289 e. The predicted octanol–water partition coefficient (Wildman–Crippen LogP) is 8.07. The van der Waals surface area contributed by atoms with Crippen LogP contribution >= 0.6 is 0 Å². The number of allylic oxidation sites excluding steroid dienone is 4. The fourth-order valence-corrected chi connectivity index (χ4v) is 4.46.